The summed E-state index contributed by atoms with van der Waals surface area (Å²) in [5.74, 6) is 0. The molecule has 0 spiro atoms. The van der Waals surface area contributed by atoms with Crippen LogP contribution in [0.3, 0.4) is 0 Å². The lowest BCUT2D eigenvalue weighted by Gasteiger charge is -2.23. The number of aliphatic hydroxyl groups is 1. The Morgan fingerprint density at radius 1 is 1.33 bits per heavy atom. The fraction of sp³-hybridized carbons (Fsp3) is 0.917. The summed E-state index contributed by atoms with van der Waals surface area (Å²) in [4.78, 5) is 18.4. The summed E-state index contributed by atoms with van der Waals surface area (Å²) in [6, 6.07) is -0.405. The van der Waals surface area contributed by atoms with Crippen LogP contribution >= 0.6 is 0 Å². The van der Waals surface area contributed by atoms with Crippen molar-refractivity contribution in [3.63, 3.8) is 0 Å². The summed E-state index contributed by atoms with van der Waals surface area (Å²) < 4.78 is 0. The van der Waals surface area contributed by atoms with Crippen LogP contribution < -0.4 is 10.8 Å². The second-order valence-corrected chi connectivity index (χ2v) is 5.26. The van der Waals surface area contributed by atoms with Crippen molar-refractivity contribution in [1.82, 2.24) is 15.7 Å². The quantitative estimate of drug-likeness (QED) is 0.590. The molecule has 1 atom stereocenters. The molecule has 0 aliphatic carbocycles. The monoisotopic (exact) mass is 261 g/mol. The number of aliphatic hydroxyl groups excluding tert-OH is 1. The molecular formula is C12H27N3O3. The molecule has 0 saturated heterocycles. The molecule has 6 nitrogen and oxygen atoms in total. The smallest absolute Gasteiger partial charge is 0.339 e. The van der Waals surface area contributed by atoms with Crippen molar-refractivity contribution in [2.75, 3.05) is 26.2 Å². The van der Waals surface area contributed by atoms with Gasteiger partial charge in [-0.05, 0) is 33.9 Å². The Morgan fingerprint density at radius 2 is 1.89 bits per heavy atom. The van der Waals surface area contributed by atoms with Crippen LogP contribution in [0.4, 0.5) is 4.79 Å². The highest BCUT2D eigenvalue weighted by molar-refractivity contribution is 5.73. The molecule has 0 aromatic rings. The van der Waals surface area contributed by atoms with Crippen LogP contribution in [-0.2, 0) is 4.84 Å². The minimum atomic E-state index is -0.611. The molecular weight excluding hydrogens is 234 g/mol. The van der Waals surface area contributed by atoms with Crippen LogP contribution in [0.2, 0.25) is 0 Å². The molecule has 0 aromatic heterocycles. The number of hydroxylamine groups is 1. The summed E-state index contributed by atoms with van der Waals surface area (Å²) in [6.07, 6.45) is -0.611. The molecule has 0 fully saturated rings. The lowest BCUT2D eigenvalue weighted by Crippen LogP contribution is -2.47. The number of amides is 2. The van der Waals surface area contributed by atoms with Crippen LogP contribution in [0.5, 0.6) is 0 Å². The van der Waals surface area contributed by atoms with Gasteiger partial charge in [0, 0.05) is 12.1 Å². The standard InChI is InChI=1S/C12H27N3O3/c1-6-15(7-2)8-10(16)9-18-14-11(17)13-12(3,4)5/h10,16H,6-9H2,1-5H3,(H2,13,14,17). The number of urea groups is 1. The zero-order valence-electron chi connectivity index (χ0n) is 12.1. The van der Waals surface area contributed by atoms with E-state index in [1.165, 1.54) is 0 Å². The number of carbonyl (C=O) groups excluding carboxylic acids is 1. The molecule has 1 unspecified atom stereocenters. The van der Waals surface area contributed by atoms with E-state index in [9.17, 15) is 9.90 Å². The van der Waals surface area contributed by atoms with Gasteiger partial charge < -0.3 is 15.3 Å². The summed E-state index contributed by atoms with van der Waals surface area (Å²) in [7, 11) is 0. The third kappa shape index (κ3) is 9.21. The van der Waals surface area contributed by atoms with Crippen LogP contribution in [0.25, 0.3) is 0 Å². The third-order valence-electron chi connectivity index (χ3n) is 2.29. The molecule has 0 aromatic carbocycles. The van der Waals surface area contributed by atoms with Crippen molar-refractivity contribution < 1.29 is 14.7 Å². The number of nitrogens with one attached hydrogen (secondary N) is 2. The number of hydrogen-bond acceptors (Lipinski definition) is 4. The fourth-order valence-electron chi connectivity index (χ4n) is 1.40. The maximum absolute atomic E-state index is 11.3. The Labute approximate surface area is 110 Å². The van der Waals surface area contributed by atoms with E-state index in [0.717, 1.165) is 13.1 Å². The topological polar surface area (TPSA) is 73.8 Å². The lowest BCUT2D eigenvalue weighted by atomic mass is 10.1. The average molecular weight is 261 g/mol. The number of nitrogens with zero attached hydrogens (tertiary/aromatic N) is 1. The summed E-state index contributed by atoms with van der Waals surface area (Å²) >= 11 is 0. The van der Waals surface area contributed by atoms with Crippen molar-refractivity contribution in [1.29, 1.82) is 0 Å². The molecule has 0 rings (SSSR count). The number of rotatable bonds is 7. The van der Waals surface area contributed by atoms with E-state index in [1.807, 2.05) is 34.6 Å². The van der Waals surface area contributed by atoms with Gasteiger partial charge in [0.1, 0.15) is 6.61 Å². The van der Waals surface area contributed by atoms with E-state index < -0.39 is 12.1 Å². The van der Waals surface area contributed by atoms with E-state index in [0.29, 0.717) is 6.54 Å². The van der Waals surface area contributed by atoms with E-state index in [1.54, 1.807) is 0 Å². The summed E-state index contributed by atoms with van der Waals surface area (Å²) in [6.45, 7) is 12.1. The Bertz CT molecular complexity index is 237. The number of carbonyl (C=O) groups is 1. The predicted octanol–water partition coefficient (Wildman–Crippen LogP) is 0.718. The van der Waals surface area contributed by atoms with Crippen molar-refractivity contribution in [2.45, 2.75) is 46.3 Å². The molecule has 0 aliphatic heterocycles. The lowest BCUT2D eigenvalue weighted by molar-refractivity contribution is -0.0154. The molecule has 2 amide bonds. The highest BCUT2D eigenvalue weighted by atomic mass is 16.7. The van der Waals surface area contributed by atoms with Gasteiger partial charge in [-0.25, -0.2) is 10.3 Å². The molecule has 0 saturated carbocycles. The normalized spacial score (nSPS) is 13.5. The van der Waals surface area contributed by atoms with Crippen LogP contribution in [0, 0.1) is 0 Å². The van der Waals surface area contributed by atoms with E-state index in [-0.39, 0.29) is 12.1 Å². The van der Waals surface area contributed by atoms with Crippen LogP contribution in [0.1, 0.15) is 34.6 Å². The Hall–Kier alpha value is -0.850. The molecule has 0 radical (unpaired) electrons. The molecule has 0 heterocycles. The Kier molecular flexibility index (Phi) is 7.90. The number of hydrogen-bond donors (Lipinski definition) is 3. The molecule has 18 heavy (non-hydrogen) atoms. The maximum Gasteiger partial charge on any atom is 0.339 e. The Morgan fingerprint density at radius 3 is 2.33 bits per heavy atom. The molecule has 0 bridgehead atoms. The molecule has 6 heteroatoms. The van der Waals surface area contributed by atoms with Crippen LogP contribution in [-0.4, -0.2) is 53.9 Å². The zero-order valence-corrected chi connectivity index (χ0v) is 12.1. The predicted molar refractivity (Wildman–Crippen MR) is 71.2 cm³/mol. The first-order valence-corrected chi connectivity index (χ1v) is 6.38. The van der Waals surface area contributed by atoms with Gasteiger partial charge >= 0.3 is 6.03 Å². The first-order valence-electron chi connectivity index (χ1n) is 6.38. The average Bonchev–Trinajstić information content (AvgIpc) is 2.23. The van der Waals surface area contributed by atoms with Crippen molar-refractivity contribution in [3.8, 4) is 0 Å². The second-order valence-electron chi connectivity index (χ2n) is 5.26. The zero-order chi connectivity index (χ0) is 14.2. The van der Waals surface area contributed by atoms with Crippen molar-refractivity contribution in [3.05, 3.63) is 0 Å². The van der Waals surface area contributed by atoms with Gasteiger partial charge in [-0.2, -0.15) is 0 Å². The highest BCUT2D eigenvalue weighted by Gasteiger charge is 2.14. The molecule has 108 valence electrons. The van der Waals surface area contributed by atoms with Gasteiger partial charge in [-0.15, -0.1) is 0 Å². The second kappa shape index (κ2) is 8.29. The minimum Gasteiger partial charge on any atom is -0.389 e. The maximum atomic E-state index is 11.3. The highest BCUT2D eigenvalue weighted by Crippen LogP contribution is 1.97. The molecule has 3 N–H and O–H groups in total. The molecule has 0 aliphatic rings. The van der Waals surface area contributed by atoms with Crippen molar-refractivity contribution >= 4 is 6.03 Å². The van der Waals surface area contributed by atoms with Crippen LogP contribution in [0.15, 0.2) is 0 Å². The largest absolute Gasteiger partial charge is 0.389 e. The first-order chi connectivity index (χ1) is 8.28. The van der Waals surface area contributed by atoms with E-state index in [4.69, 9.17) is 4.84 Å². The van der Waals surface area contributed by atoms with E-state index in [2.05, 4.69) is 15.7 Å². The van der Waals surface area contributed by atoms with E-state index >= 15 is 0 Å². The SMILES string of the molecule is CCN(CC)CC(O)CONC(=O)NC(C)(C)C. The Balaban J connectivity index is 3.74. The summed E-state index contributed by atoms with van der Waals surface area (Å²) in [5.41, 5.74) is 1.94. The van der Waals surface area contributed by atoms with Gasteiger partial charge in [-0.3, -0.25) is 4.84 Å². The third-order valence-corrected chi connectivity index (χ3v) is 2.29. The van der Waals surface area contributed by atoms with Gasteiger partial charge in [0.05, 0.1) is 6.10 Å². The van der Waals surface area contributed by atoms with Gasteiger partial charge in [-0.1, -0.05) is 13.8 Å². The van der Waals surface area contributed by atoms with Gasteiger partial charge in [0.25, 0.3) is 0 Å². The number of likely N-dealkylation sites (N-methyl/N-ethyl adjacent to an activating group) is 1. The fourth-order valence-corrected chi connectivity index (χ4v) is 1.40. The van der Waals surface area contributed by atoms with Crippen molar-refractivity contribution in [2.24, 2.45) is 0 Å². The first kappa shape index (κ1) is 17.2. The van der Waals surface area contributed by atoms with Gasteiger partial charge in [0.15, 0.2) is 0 Å². The summed E-state index contributed by atoms with van der Waals surface area (Å²) in [5, 5.41) is 12.4. The van der Waals surface area contributed by atoms with Gasteiger partial charge in [0.2, 0.25) is 0 Å². The minimum absolute atomic E-state index is 0.0774.